The van der Waals surface area contributed by atoms with Crippen molar-refractivity contribution in [2.45, 2.75) is 24.3 Å². The van der Waals surface area contributed by atoms with Gasteiger partial charge in [0.25, 0.3) is 0 Å². The molecule has 0 aromatic rings. The Morgan fingerprint density at radius 2 is 2.22 bits per heavy atom. The van der Waals surface area contributed by atoms with E-state index in [-0.39, 0.29) is 5.37 Å². The fourth-order valence-electron chi connectivity index (χ4n) is 2.11. The van der Waals surface area contributed by atoms with Crippen molar-refractivity contribution >= 4 is 21.6 Å². The molecule has 4 nitrogen and oxygen atoms in total. The molecule has 1 saturated carbocycles. The molecule has 0 amide bonds. The molecule has 1 aliphatic carbocycles. The van der Waals surface area contributed by atoms with Crippen molar-refractivity contribution in [1.82, 2.24) is 10.2 Å². The van der Waals surface area contributed by atoms with Gasteiger partial charge in [0.15, 0.2) is 9.84 Å². The summed E-state index contributed by atoms with van der Waals surface area (Å²) in [6.07, 6.45) is 3.86. The van der Waals surface area contributed by atoms with Crippen LogP contribution in [0.15, 0.2) is 12.2 Å². The lowest BCUT2D eigenvalue weighted by Crippen LogP contribution is -2.48. The Hall–Kier alpha value is -0.0400. The van der Waals surface area contributed by atoms with Gasteiger partial charge in [0.1, 0.15) is 5.37 Å². The summed E-state index contributed by atoms with van der Waals surface area (Å²) in [5.41, 5.74) is 1.09. The van der Waals surface area contributed by atoms with Crippen LogP contribution in [0.5, 0.6) is 0 Å². The highest BCUT2D eigenvalue weighted by Gasteiger charge is 2.31. The third kappa shape index (κ3) is 4.26. The number of nitrogens with one attached hydrogen (secondary N) is 1. The second-order valence-electron chi connectivity index (χ2n) is 5.23. The molecule has 2 rings (SSSR count). The van der Waals surface area contributed by atoms with Crippen molar-refractivity contribution in [3.63, 3.8) is 0 Å². The van der Waals surface area contributed by atoms with E-state index in [1.807, 2.05) is 0 Å². The number of nitrogens with zero attached hydrogens (tertiary/aromatic N) is 1. The molecule has 2 fully saturated rings. The molecule has 18 heavy (non-hydrogen) atoms. The van der Waals surface area contributed by atoms with Crippen LogP contribution >= 0.6 is 11.8 Å². The molecule has 1 aliphatic heterocycles. The summed E-state index contributed by atoms with van der Waals surface area (Å²) >= 11 is 1.72. The van der Waals surface area contributed by atoms with Gasteiger partial charge in [0.05, 0.1) is 0 Å². The van der Waals surface area contributed by atoms with Gasteiger partial charge in [-0.3, -0.25) is 4.90 Å². The molecular formula is C12H22N2O2S2. The minimum atomic E-state index is -3.00. The number of hydrogen-bond donors (Lipinski definition) is 1. The molecule has 1 heterocycles. The predicted octanol–water partition coefficient (Wildman–Crippen LogP) is 0.714. The molecule has 0 bridgehead atoms. The van der Waals surface area contributed by atoms with Gasteiger partial charge in [-0.25, -0.2) is 8.42 Å². The second-order valence-corrected chi connectivity index (χ2v) is 8.59. The zero-order valence-electron chi connectivity index (χ0n) is 10.9. The molecule has 6 heteroatoms. The van der Waals surface area contributed by atoms with Crippen molar-refractivity contribution in [3.8, 4) is 0 Å². The SMILES string of the molecule is C=C(CNC1CC1)CN1CCSCC1S(C)(=O)=O. The molecular weight excluding hydrogens is 268 g/mol. The highest BCUT2D eigenvalue weighted by Crippen LogP contribution is 2.22. The van der Waals surface area contributed by atoms with Gasteiger partial charge in [-0.1, -0.05) is 6.58 Å². The van der Waals surface area contributed by atoms with Crippen LogP contribution in [0, 0.1) is 0 Å². The Bertz CT molecular complexity index is 404. The summed E-state index contributed by atoms with van der Waals surface area (Å²) in [5.74, 6) is 1.69. The van der Waals surface area contributed by atoms with Gasteiger partial charge in [0.2, 0.25) is 0 Å². The van der Waals surface area contributed by atoms with Gasteiger partial charge in [-0.05, 0) is 18.4 Å². The largest absolute Gasteiger partial charge is 0.310 e. The Morgan fingerprint density at radius 1 is 1.50 bits per heavy atom. The Labute approximate surface area is 114 Å². The topological polar surface area (TPSA) is 49.4 Å². The smallest absolute Gasteiger partial charge is 0.164 e. The predicted molar refractivity (Wildman–Crippen MR) is 77.7 cm³/mol. The first-order valence-electron chi connectivity index (χ1n) is 6.37. The summed E-state index contributed by atoms with van der Waals surface area (Å²) < 4.78 is 23.5. The molecule has 1 saturated heterocycles. The third-order valence-electron chi connectivity index (χ3n) is 3.33. The van der Waals surface area contributed by atoms with E-state index >= 15 is 0 Å². The lowest BCUT2D eigenvalue weighted by Gasteiger charge is -2.34. The van der Waals surface area contributed by atoms with Crippen LogP contribution in [-0.2, 0) is 9.84 Å². The van der Waals surface area contributed by atoms with Gasteiger partial charge in [-0.2, -0.15) is 11.8 Å². The highest BCUT2D eigenvalue weighted by atomic mass is 32.2. The van der Waals surface area contributed by atoms with E-state index in [1.54, 1.807) is 11.8 Å². The summed E-state index contributed by atoms with van der Waals surface area (Å²) in [6, 6.07) is 0.671. The van der Waals surface area contributed by atoms with E-state index in [2.05, 4.69) is 16.8 Å². The van der Waals surface area contributed by atoms with E-state index in [0.717, 1.165) is 24.4 Å². The summed E-state index contributed by atoms with van der Waals surface area (Å²) in [6.45, 7) is 6.40. The first-order valence-corrected chi connectivity index (χ1v) is 9.48. The van der Waals surface area contributed by atoms with Gasteiger partial charge in [0, 0.05) is 43.4 Å². The Balaban J connectivity index is 1.86. The molecule has 1 unspecified atom stereocenters. The van der Waals surface area contributed by atoms with Gasteiger partial charge < -0.3 is 5.32 Å². The van der Waals surface area contributed by atoms with Crippen molar-refractivity contribution in [1.29, 1.82) is 0 Å². The monoisotopic (exact) mass is 290 g/mol. The van der Waals surface area contributed by atoms with Crippen molar-refractivity contribution in [2.75, 3.05) is 37.4 Å². The Kier molecular flexibility index (Phi) is 4.75. The van der Waals surface area contributed by atoms with Crippen LogP contribution in [0.1, 0.15) is 12.8 Å². The molecule has 2 aliphatic rings. The van der Waals surface area contributed by atoms with E-state index < -0.39 is 9.84 Å². The standard InChI is InChI=1S/C12H22N2O2S2/c1-10(7-13-11-3-4-11)8-14-5-6-17-9-12(14)18(2,15)16/h11-13H,1,3-9H2,2H3. The average molecular weight is 290 g/mol. The molecule has 1 atom stereocenters. The maximum Gasteiger partial charge on any atom is 0.164 e. The molecule has 0 radical (unpaired) electrons. The van der Waals surface area contributed by atoms with Crippen LogP contribution < -0.4 is 5.32 Å². The van der Waals surface area contributed by atoms with Gasteiger partial charge in [-0.15, -0.1) is 0 Å². The quantitative estimate of drug-likeness (QED) is 0.730. The molecule has 104 valence electrons. The first kappa shape index (κ1) is 14.4. The minimum absolute atomic E-state index is 0.339. The third-order valence-corrected chi connectivity index (χ3v) is 6.02. The highest BCUT2D eigenvalue weighted by molar-refractivity contribution is 8.00. The number of hydrogen-bond acceptors (Lipinski definition) is 5. The van der Waals surface area contributed by atoms with Crippen molar-refractivity contribution in [2.24, 2.45) is 0 Å². The van der Waals surface area contributed by atoms with Crippen LogP contribution in [-0.4, -0.2) is 62.1 Å². The van der Waals surface area contributed by atoms with Crippen LogP contribution in [0.2, 0.25) is 0 Å². The second kappa shape index (κ2) is 5.94. The van der Waals surface area contributed by atoms with Gasteiger partial charge >= 0.3 is 0 Å². The van der Waals surface area contributed by atoms with Crippen molar-refractivity contribution in [3.05, 3.63) is 12.2 Å². The average Bonchev–Trinajstić information content (AvgIpc) is 3.09. The zero-order chi connectivity index (χ0) is 13.2. The number of rotatable bonds is 6. The van der Waals surface area contributed by atoms with E-state index in [4.69, 9.17) is 0 Å². The fourth-order valence-corrected chi connectivity index (χ4v) is 5.05. The minimum Gasteiger partial charge on any atom is -0.310 e. The normalized spacial score (nSPS) is 26.2. The number of thioether (sulfide) groups is 1. The fraction of sp³-hybridized carbons (Fsp3) is 0.833. The van der Waals surface area contributed by atoms with Crippen LogP contribution in [0.4, 0.5) is 0 Å². The lowest BCUT2D eigenvalue weighted by molar-refractivity contribution is 0.291. The molecule has 0 aromatic carbocycles. The lowest BCUT2D eigenvalue weighted by atomic mass is 10.2. The van der Waals surface area contributed by atoms with E-state index in [9.17, 15) is 8.42 Å². The maximum absolute atomic E-state index is 11.8. The summed E-state index contributed by atoms with van der Waals surface area (Å²) in [4.78, 5) is 2.06. The van der Waals surface area contributed by atoms with E-state index in [1.165, 1.54) is 19.1 Å². The molecule has 0 aromatic heterocycles. The first-order chi connectivity index (χ1) is 8.47. The number of sulfone groups is 1. The maximum atomic E-state index is 11.8. The summed E-state index contributed by atoms with van der Waals surface area (Å²) in [7, 11) is -3.00. The summed E-state index contributed by atoms with van der Waals surface area (Å²) in [5, 5.41) is 3.08. The zero-order valence-corrected chi connectivity index (χ0v) is 12.5. The van der Waals surface area contributed by atoms with E-state index in [0.29, 0.717) is 18.3 Å². The molecule has 0 spiro atoms. The Morgan fingerprint density at radius 3 is 2.83 bits per heavy atom. The van der Waals surface area contributed by atoms with Crippen molar-refractivity contribution < 1.29 is 8.42 Å². The molecule has 1 N–H and O–H groups in total. The van der Waals surface area contributed by atoms with Crippen LogP contribution in [0.3, 0.4) is 0 Å². The van der Waals surface area contributed by atoms with Crippen LogP contribution in [0.25, 0.3) is 0 Å².